The zero-order chi connectivity index (χ0) is 18.2. The number of anilines is 1. The smallest absolute Gasteiger partial charge is 0.392 e. The molecule has 0 bridgehead atoms. The van der Waals surface area contributed by atoms with Crippen LogP contribution in [-0.2, 0) is 12.8 Å². The number of alkyl halides is 3. The monoisotopic (exact) mass is 354 g/mol. The van der Waals surface area contributed by atoms with Crippen LogP contribution in [0.3, 0.4) is 0 Å². The van der Waals surface area contributed by atoms with Crippen molar-refractivity contribution < 1.29 is 22.7 Å². The van der Waals surface area contributed by atoms with Gasteiger partial charge in [-0.15, -0.1) is 0 Å². The topological polar surface area (TPSA) is 62.5 Å². The highest BCUT2D eigenvalue weighted by molar-refractivity contribution is 5.52. The van der Waals surface area contributed by atoms with Crippen LogP contribution >= 0.6 is 0 Å². The summed E-state index contributed by atoms with van der Waals surface area (Å²) < 4.78 is 53.2. The number of halogens is 4. The van der Waals surface area contributed by atoms with Gasteiger partial charge in [-0.05, 0) is 42.3 Å². The van der Waals surface area contributed by atoms with Crippen LogP contribution in [0.5, 0.6) is 0 Å². The molecule has 5 nitrogen and oxygen atoms in total. The van der Waals surface area contributed by atoms with Crippen LogP contribution < -0.4 is 5.32 Å². The number of hydrogen-bond acceptors (Lipinski definition) is 4. The second-order valence-electron chi connectivity index (χ2n) is 5.54. The molecule has 2 aromatic heterocycles. The summed E-state index contributed by atoms with van der Waals surface area (Å²) in [6.07, 6.45) is -3.40. The Morgan fingerprint density at radius 1 is 1.24 bits per heavy atom. The lowest BCUT2D eigenvalue weighted by Gasteiger charge is -2.18. The SMILES string of the molecule is CC(Nc1cc(CO)cc2ncnn12)c1ccc(C(F)(F)F)c(F)c1. The van der Waals surface area contributed by atoms with E-state index < -0.39 is 23.6 Å². The number of hydrogen-bond donors (Lipinski definition) is 2. The summed E-state index contributed by atoms with van der Waals surface area (Å²) >= 11 is 0. The molecule has 3 rings (SSSR count). The molecule has 0 radical (unpaired) electrons. The summed E-state index contributed by atoms with van der Waals surface area (Å²) in [5, 5.41) is 16.4. The average molecular weight is 354 g/mol. The summed E-state index contributed by atoms with van der Waals surface area (Å²) in [5.74, 6) is -0.847. The van der Waals surface area contributed by atoms with E-state index in [1.165, 1.54) is 16.9 Å². The minimum absolute atomic E-state index is 0.207. The molecule has 1 unspecified atom stereocenters. The lowest BCUT2D eigenvalue weighted by Crippen LogP contribution is -2.13. The highest BCUT2D eigenvalue weighted by atomic mass is 19.4. The standard InChI is InChI=1S/C16H14F4N4O/c1-9(11-2-3-12(13(17)6-11)16(18,19)20)23-15-5-10(7-25)4-14-21-8-22-24(14)15/h2-6,8-9,23,25H,7H2,1H3. The number of nitrogens with zero attached hydrogens (tertiary/aromatic N) is 3. The predicted molar refractivity (Wildman–Crippen MR) is 82.3 cm³/mol. The summed E-state index contributed by atoms with van der Waals surface area (Å²) in [4.78, 5) is 4.04. The van der Waals surface area contributed by atoms with E-state index in [2.05, 4.69) is 15.4 Å². The molecule has 9 heteroatoms. The molecule has 0 fully saturated rings. The molecule has 0 aliphatic rings. The van der Waals surface area contributed by atoms with Gasteiger partial charge < -0.3 is 10.4 Å². The fourth-order valence-corrected chi connectivity index (χ4v) is 2.51. The molecule has 0 aliphatic heterocycles. The third-order valence-corrected chi connectivity index (χ3v) is 3.78. The summed E-state index contributed by atoms with van der Waals surface area (Å²) in [6, 6.07) is 5.59. The number of aliphatic hydroxyl groups is 1. The molecule has 25 heavy (non-hydrogen) atoms. The molecule has 0 aliphatic carbocycles. The van der Waals surface area contributed by atoms with Crippen molar-refractivity contribution in [3.63, 3.8) is 0 Å². The van der Waals surface area contributed by atoms with Gasteiger partial charge in [0.1, 0.15) is 18.0 Å². The Labute approximate surface area is 139 Å². The zero-order valence-corrected chi connectivity index (χ0v) is 13.0. The molecular formula is C16H14F4N4O. The van der Waals surface area contributed by atoms with E-state index >= 15 is 0 Å². The van der Waals surface area contributed by atoms with Gasteiger partial charge in [0.25, 0.3) is 0 Å². The number of aromatic nitrogens is 3. The van der Waals surface area contributed by atoms with Gasteiger partial charge in [0, 0.05) is 0 Å². The lowest BCUT2D eigenvalue weighted by molar-refractivity contribution is -0.140. The second-order valence-corrected chi connectivity index (χ2v) is 5.54. The van der Waals surface area contributed by atoms with Crippen LogP contribution in [0.1, 0.15) is 29.7 Å². The van der Waals surface area contributed by atoms with Crippen LogP contribution in [0.25, 0.3) is 5.65 Å². The Balaban J connectivity index is 1.91. The first-order valence-electron chi connectivity index (χ1n) is 7.36. The molecular weight excluding hydrogens is 340 g/mol. The molecule has 0 spiro atoms. The highest BCUT2D eigenvalue weighted by Crippen LogP contribution is 2.33. The fraction of sp³-hybridized carbons (Fsp3) is 0.250. The largest absolute Gasteiger partial charge is 0.419 e. The van der Waals surface area contributed by atoms with E-state index in [0.717, 1.165) is 12.1 Å². The van der Waals surface area contributed by atoms with Gasteiger partial charge in [-0.3, -0.25) is 0 Å². The van der Waals surface area contributed by atoms with Gasteiger partial charge in [-0.25, -0.2) is 9.37 Å². The van der Waals surface area contributed by atoms with Crippen LogP contribution in [-0.4, -0.2) is 19.7 Å². The van der Waals surface area contributed by atoms with Crippen molar-refractivity contribution in [1.29, 1.82) is 0 Å². The number of nitrogens with one attached hydrogen (secondary N) is 1. The zero-order valence-electron chi connectivity index (χ0n) is 13.0. The van der Waals surface area contributed by atoms with Gasteiger partial charge in [0.15, 0.2) is 5.65 Å². The molecule has 0 saturated carbocycles. The number of rotatable bonds is 4. The van der Waals surface area contributed by atoms with Crippen molar-refractivity contribution in [2.24, 2.45) is 0 Å². The summed E-state index contributed by atoms with van der Waals surface area (Å²) in [5.41, 5.74) is 0.131. The first-order valence-corrected chi connectivity index (χ1v) is 7.36. The Hall–Kier alpha value is -2.68. The van der Waals surface area contributed by atoms with E-state index in [9.17, 15) is 22.7 Å². The van der Waals surface area contributed by atoms with Crippen molar-refractivity contribution >= 4 is 11.5 Å². The lowest BCUT2D eigenvalue weighted by atomic mass is 10.0. The molecule has 2 N–H and O–H groups in total. The number of pyridine rings is 1. The summed E-state index contributed by atoms with van der Waals surface area (Å²) in [6.45, 7) is 1.47. The van der Waals surface area contributed by atoms with E-state index in [0.29, 0.717) is 22.6 Å². The molecule has 3 aromatic rings. The van der Waals surface area contributed by atoms with Crippen molar-refractivity contribution in [2.45, 2.75) is 25.7 Å². The normalized spacial score (nSPS) is 13.2. The van der Waals surface area contributed by atoms with Crippen molar-refractivity contribution in [3.05, 3.63) is 59.2 Å². The minimum Gasteiger partial charge on any atom is -0.392 e. The maximum Gasteiger partial charge on any atom is 0.419 e. The molecule has 1 atom stereocenters. The highest BCUT2D eigenvalue weighted by Gasteiger charge is 2.34. The number of fused-ring (bicyclic) bond motifs is 1. The Morgan fingerprint density at radius 3 is 2.64 bits per heavy atom. The maximum atomic E-state index is 13.8. The predicted octanol–water partition coefficient (Wildman–Crippen LogP) is 3.55. The average Bonchev–Trinajstić information content (AvgIpc) is 3.02. The molecule has 132 valence electrons. The number of benzene rings is 1. The number of aliphatic hydroxyl groups excluding tert-OH is 1. The van der Waals surface area contributed by atoms with Crippen molar-refractivity contribution in [3.8, 4) is 0 Å². The van der Waals surface area contributed by atoms with E-state index in [4.69, 9.17) is 0 Å². The van der Waals surface area contributed by atoms with Gasteiger partial charge in [0.2, 0.25) is 0 Å². The van der Waals surface area contributed by atoms with Crippen LogP contribution in [0.15, 0.2) is 36.7 Å². The van der Waals surface area contributed by atoms with E-state index in [1.807, 2.05) is 0 Å². The van der Waals surface area contributed by atoms with Crippen molar-refractivity contribution in [2.75, 3.05) is 5.32 Å². The Kier molecular flexibility index (Phi) is 4.34. The Morgan fingerprint density at radius 2 is 2.00 bits per heavy atom. The quantitative estimate of drug-likeness (QED) is 0.704. The molecule has 1 aromatic carbocycles. The van der Waals surface area contributed by atoms with Crippen molar-refractivity contribution in [1.82, 2.24) is 14.6 Å². The van der Waals surface area contributed by atoms with Gasteiger partial charge in [-0.2, -0.15) is 22.8 Å². The minimum atomic E-state index is -4.73. The first-order chi connectivity index (χ1) is 11.8. The summed E-state index contributed by atoms with van der Waals surface area (Å²) in [7, 11) is 0. The van der Waals surface area contributed by atoms with Gasteiger partial charge in [0.05, 0.1) is 18.2 Å². The molecule has 0 saturated heterocycles. The first kappa shape index (κ1) is 17.2. The third kappa shape index (κ3) is 3.41. The van der Waals surface area contributed by atoms with Crippen LogP contribution in [0.4, 0.5) is 23.4 Å². The Bertz CT molecular complexity index is 907. The van der Waals surface area contributed by atoms with Crippen LogP contribution in [0.2, 0.25) is 0 Å². The molecule has 0 amide bonds. The second kappa shape index (κ2) is 6.32. The van der Waals surface area contributed by atoms with Gasteiger partial charge >= 0.3 is 6.18 Å². The van der Waals surface area contributed by atoms with Gasteiger partial charge in [-0.1, -0.05) is 6.07 Å². The maximum absolute atomic E-state index is 13.8. The van der Waals surface area contributed by atoms with E-state index in [-0.39, 0.29) is 6.61 Å². The van der Waals surface area contributed by atoms with Crippen LogP contribution in [0, 0.1) is 5.82 Å². The molecule has 2 heterocycles. The third-order valence-electron chi connectivity index (χ3n) is 3.78. The fourth-order valence-electron chi connectivity index (χ4n) is 2.51. The van der Waals surface area contributed by atoms with E-state index in [1.54, 1.807) is 19.1 Å².